The number of benzene rings is 1. The Morgan fingerprint density at radius 1 is 1.15 bits per heavy atom. The zero-order valence-corrected chi connectivity index (χ0v) is 16.3. The van der Waals surface area contributed by atoms with Gasteiger partial charge in [0.05, 0.1) is 11.5 Å². The molecule has 0 spiro atoms. The van der Waals surface area contributed by atoms with Gasteiger partial charge >= 0.3 is 0 Å². The predicted octanol–water partition coefficient (Wildman–Crippen LogP) is 2.90. The van der Waals surface area contributed by atoms with E-state index in [2.05, 4.69) is 48.2 Å². The van der Waals surface area contributed by atoms with E-state index in [0.717, 1.165) is 37.3 Å². The van der Waals surface area contributed by atoms with Crippen molar-refractivity contribution in [2.24, 2.45) is 13.0 Å². The second kappa shape index (κ2) is 7.62. The fourth-order valence-electron chi connectivity index (χ4n) is 3.89. The zero-order chi connectivity index (χ0) is 18.7. The second-order valence-electron chi connectivity index (χ2n) is 7.84. The van der Waals surface area contributed by atoms with E-state index in [1.807, 2.05) is 36.0 Å². The summed E-state index contributed by atoms with van der Waals surface area (Å²) in [6.45, 7) is 6.11. The lowest BCUT2D eigenvalue weighted by molar-refractivity contribution is -0.129. The van der Waals surface area contributed by atoms with Crippen LogP contribution in [0.15, 0.2) is 42.7 Å². The number of hydrogen-bond donors (Lipinski definition) is 1. The van der Waals surface area contributed by atoms with Crippen LogP contribution in [0.1, 0.15) is 44.1 Å². The van der Waals surface area contributed by atoms with E-state index < -0.39 is 5.41 Å². The van der Waals surface area contributed by atoms with Gasteiger partial charge in [-0.3, -0.25) is 4.79 Å². The Morgan fingerprint density at radius 2 is 1.81 bits per heavy atom. The lowest BCUT2D eigenvalue weighted by Gasteiger charge is -2.41. The molecule has 1 aliphatic rings. The van der Waals surface area contributed by atoms with Crippen molar-refractivity contribution in [3.05, 3.63) is 54.1 Å². The molecule has 1 atom stereocenters. The number of aryl methyl sites for hydroxylation is 1. The van der Waals surface area contributed by atoms with Crippen LogP contribution in [-0.2, 0) is 17.3 Å². The van der Waals surface area contributed by atoms with Crippen molar-refractivity contribution >= 4 is 5.91 Å². The molecule has 1 amide bonds. The van der Waals surface area contributed by atoms with E-state index >= 15 is 0 Å². The van der Waals surface area contributed by atoms with Gasteiger partial charge in [0, 0.05) is 19.4 Å². The van der Waals surface area contributed by atoms with E-state index in [-0.39, 0.29) is 17.9 Å². The fourth-order valence-corrected chi connectivity index (χ4v) is 3.89. The van der Waals surface area contributed by atoms with Crippen LogP contribution < -0.4 is 5.32 Å². The minimum Gasteiger partial charge on any atom is -0.345 e. The molecule has 26 heavy (non-hydrogen) atoms. The van der Waals surface area contributed by atoms with Gasteiger partial charge in [0.2, 0.25) is 5.91 Å². The van der Waals surface area contributed by atoms with E-state index in [4.69, 9.17) is 0 Å². The summed E-state index contributed by atoms with van der Waals surface area (Å²) in [6.07, 6.45) is 5.40. The first-order valence-corrected chi connectivity index (χ1v) is 9.46. The van der Waals surface area contributed by atoms with E-state index in [9.17, 15) is 4.79 Å². The molecule has 5 heteroatoms. The minimum absolute atomic E-state index is 0.0947. The van der Waals surface area contributed by atoms with Crippen LogP contribution in [0.5, 0.6) is 0 Å². The monoisotopic (exact) mass is 354 g/mol. The summed E-state index contributed by atoms with van der Waals surface area (Å²) >= 11 is 0. The summed E-state index contributed by atoms with van der Waals surface area (Å²) in [5.74, 6) is 1.29. The Kier molecular flexibility index (Phi) is 5.47. The van der Waals surface area contributed by atoms with Crippen LogP contribution in [-0.4, -0.2) is 40.5 Å². The molecule has 1 aromatic heterocycles. The van der Waals surface area contributed by atoms with Gasteiger partial charge in [0.15, 0.2) is 0 Å². The third kappa shape index (κ3) is 3.54. The molecule has 2 aromatic rings. The van der Waals surface area contributed by atoms with E-state index in [0.29, 0.717) is 0 Å². The highest BCUT2D eigenvalue weighted by Gasteiger charge is 2.43. The van der Waals surface area contributed by atoms with E-state index in [1.54, 1.807) is 6.20 Å². The molecule has 1 fully saturated rings. The molecule has 1 unspecified atom stereocenters. The van der Waals surface area contributed by atoms with Gasteiger partial charge < -0.3 is 14.8 Å². The highest BCUT2D eigenvalue weighted by molar-refractivity contribution is 5.88. The standard InChI is InChI=1S/C21H30N4O/c1-16(2)18(19-22-12-15-25(19)4)23-20(26)21(10-13-24(3)14-11-21)17-8-6-5-7-9-17/h5-9,12,15-16,18H,10-11,13-14H2,1-4H3,(H,23,26). The Morgan fingerprint density at radius 3 is 2.35 bits per heavy atom. The maximum absolute atomic E-state index is 13.6. The first-order valence-electron chi connectivity index (χ1n) is 9.46. The van der Waals surface area contributed by atoms with Crippen molar-refractivity contribution < 1.29 is 4.79 Å². The van der Waals surface area contributed by atoms with Gasteiger partial charge in [-0.1, -0.05) is 44.2 Å². The highest BCUT2D eigenvalue weighted by Crippen LogP contribution is 2.36. The molecule has 140 valence electrons. The van der Waals surface area contributed by atoms with Gasteiger partial charge in [-0.15, -0.1) is 0 Å². The van der Waals surface area contributed by atoms with Crippen molar-refractivity contribution in [1.29, 1.82) is 0 Å². The number of aromatic nitrogens is 2. The average molecular weight is 354 g/mol. The SMILES string of the molecule is CC(C)C(NC(=O)C1(c2ccccc2)CCN(C)CC1)c1nccn1C. The average Bonchev–Trinajstić information content (AvgIpc) is 3.06. The molecular formula is C21H30N4O. The number of piperidine rings is 1. The summed E-state index contributed by atoms with van der Waals surface area (Å²) in [6, 6.07) is 10.2. The fraction of sp³-hybridized carbons (Fsp3) is 0.524. The quantitative estimate of drug-likeness (QED) is 0.898. The summed E-state index contributed by atoms with van der Waals surface area (Å²) in [4.78, 5) is 20.4. The van der Waals surface area contributed by atoms with Gasteiger partial charge in [-0.25, -0.2) is 4.98 Å². The van der Waals surface area contributed by atoms with Gasteiger partial charge in [0.1, 0.15) is 5.82 Å². The van der Waals surface area contributed by atoms with Crippen LogP contribution in [0, 0.1) is 5.92 Å². The Hall–Kier alpha value is -2.14. The van der Waals surface area contributed by atoms with Crippen LogP contribution in [0.3, 0.4) is 0 Å². The van der Waals surface area contributed by atoms with Crippen molar-refractivity contribution in [3.63, 3.8) is 0 Å². The minimum atomic E-state index is -0.466. The number of nitrogens with zero attached hydrogens (tertiary/aromatic N) is 3. The number of amides is 1. The molecule has 1 aromatic carbocycles. The van der Waals surface area contributed by atoms with Crippen molar-refractivity contribution in [1.82, 2.24) is 19.8 Å². The number of carbonyl (C=O) groups is 1. The smallest absolute Gasteiger partial charge is 0.231 e. The maximum atomic E-state index is 13.6. The summed E-state index contributed by atoms with van der Waals surface area (Å²) in [5, 5.41) is 3.34. The third-order valence-corrected chi connectivity index (χ3v) is 5.69. The summed E-state index contributed by atoms with van der Waals surface area (Å²) < 4.78 is 1.99. The molecule has 2 heterocycles. The van der Waals surface area contributed by atoms with Crippen molar-refractivity contribution in [2.75, 3.05) is 20.1 Å². The largest absolute Gasteiger partial charge is 0.345 e. The molecule has 0 saturated carbocycles. The molecule has 0 radical (unpaired) electrons. The normalized spacial score (nSPS) is 18.7. The van der Waals surface area contributed by atoms with Crippen LogP contribution in [0.25, 0.3) is 0 Å². The second-order valence-corrected chi connectivity index (χ2v) is 7.84. The molecular weight excluding hydrogens is 324 g/mol. The number of likely N-dealkylation sites (tertiary alicyclic amines) is 1. The maximum Gasteiger partial charge on any atom is 0.231 e. The van der Waals surface area contributed by atoms with Gasteiger partial charge in [0.25, 0.3) is 0 Å². The number of hydrogen-bond acceptors (Lipinski definition) is 3. The lowest BCUT2D eigenvalue weighted by atomic mass is 9.71. The first kappa shape index (κ1) is 18.6. The van der Waals surface area contributed by atoms with Gasteiger partial charge in [-0.2, -0.15) is 0 Å². The van der Waals surface area contributed by atoms with Crippen LogP contribution >= 0.6 is 0 Å². The summed E-state index contributed by atoms with van der Waals surface area (Å²) in [7, 11) is 4.10. The predicted molar refractivity (Wildman–Crippen MR) is 104 cm³/mol. The zero-order valence-electron chi connectivity index (χ0n) is 16.3. The molecule has 1 N–H and O–H groups in total. The molecule has 3 rings (SSSR count). The van der Waals surface area contributed by atoms with Gasteiger partial charge in [-0.05, 0) is 44.5 Å². The van der Waals surface area contributed by atoms with E-state index in [1.165, 1.54) is 0 Å². The number of carbonyl (C=O) groups excluding carboxylic acids is 1. The number of nitrogens with one attached hydrogen (secondary N) is 1. The molecule has 5 nitrogen and oxygen atoms in total. The van der Waals surface area contributed by atoms with Crippen LogP contribution in [0.4, 0.5) is 0 Å². The Labute approximate surface area is 156 Å². The third-order valence-electron chi connectivity index (χ3n) is 5.69. The summed E-state index contributed by atoms with van der Waals surface area (Å²) in [5.41, 5.74) is 0.652. The Bertz CT molecular complexity index is 729. The number of rotatable bonds is 5. The Balaban J connectivity index is 1.92. The topological polar surface area (TPSA) is 50.2 Å². The van der Waals surface area contributed by atoms with Crippen molar-refractivity contribution in [3.8, 4) is 0 Å². The number of imidazole rings is 1. The first-order chi connectivity index (χ1) is 12.4. The highest BCUT2D eigenvalue weighted by atomic mass is 16.2. The van der Waals surface area contributed by atoms with Crippen LogP contribution in [0.2, 0.25) is 0 Å². The molecule has 1 aliphatic heterocycles. The van der Waals surface area contributed by atoms with Crippen molar-refractivity contribution in [2.45, 2.75) is 38.1 Å². The lowest BCUT2D eigenvalue weighted by Crippen LogP contribution is -2.52. The molecule has 0 bridgehead atoms. The molecule has 1 saturated heterocycles. The molecule has 0 aliphatic carbocycles.